The van der Waals surface area contributed by atoms with Crippen LogP contribution in [0.4, 0.5) is 0 Å². The predicted octanol–water partition coefficient (Wildman–Crippen LogP) is 4.92. The number of aliphatic hydroxyl groups excluding tert-OH is 1. The fourth-order valence-corrected chi connectivity index (χ4v) is 2.30. The fraction of sp³-hybridized carbons (Fsp3) is 0.400. The van der Waals surface area contributed by atoms with Gasteiger partial charge in [0, 0.05) is 49.8 Å². The summed E-state index contributed by atoms with van der Waals surface area (Å²) in [6.45, 7) is 10.1. The van der Waals surface area contributed by atoms with Crippen LogP contribution in [0.1, 0.15) is 32.8 Å². The van der Waals surface area contributed by atoms with E-state index in [4.69, 9.17) is 9.84 Å². The van der Waals surface area contributed by atoms with Crippen LogP contribution < -0.4 is 10.1 Å². The Balaban J connectivity index is 0. The standard InChI is InChI=1S/C16H15N3O.C4H9NO.C2H7N.C2H6.CH4S/c1-11(2)15-9-18-19-10-13(8-17-16(15)19)12-4-6-14(20-3)7-5-12;1-5-3-2-4-6;1-3-2;2*1-2/h4-10H,1H2,2-3H3;3,6H,2,4H2,1H3;3H,1-2H3;1-2H3;2H,1H3. The number of aliphatic hydroxyl groups is 1. The lowest BCUT2D eigenvalue weighted by molar-refractivity contribution is 0.308. The van der Waals surface area contributed by atoms with Crippen LogP contribution in [0.5, 0.6) is 5.75 Å². The Bertz CT molecular complexity index is 909. The van der Waals surface area contributed by atoms with Gasteiger partial charge in [0.25, 0.3) is 0 Å². The molecule has 0 unspecified atom stereocenters. The number of hydrogen-bond acceptors (Lipinski definition) is 7. The molecule has 33 heavy (non-hydrogen) atoms. The van der Waals surface area contributed by atoms with Crippen molar-refractivity contribution < 1.29 is 9.84 Å². The minimum Gasteiger partial charge on any atom is -0.497 e. The van der Waals surface area contributed by atoms with E-state index in [-0.39, 0.29) is 6.61 Å². The molecule has 0 bridgehead atoms. The number of nitrogens with zero attached hydrogens (tertiary/aromatic N) is 4. The number of fused-ring (bicyclic) bond motifs is 1. The number of allylic oxidation sites excluding steroid dienone is 1. The fourth-order valence-electron chi connectivity index (χ4n) is 2.30. The first-order valence-electron chi connectivity index (χ1n) is 10.7. The van der Waals surface area contributed by atoms with Crippen molar-refractivity contribution >= 4 is 30.1 Å². The summed E-state index contributed by atoms with van der Waals surface area (Å²) in [5.74, 6) is 0.839. The first-order valence-corrected chi connectivity index (χ1v) is 11.6. The van der Waals surface area contributed by atoms with Gasteiger partial charge in [0.2, 0.25) is 0 Å². The van der Waals surface area contributed by atoms with Crippen molar-refractivity contribution in [3.05, 3.63) is 55.0 Å². The Morgan fingerprint density at radius 1 is 1.18 bits per heavy atom. The summed E-state index contributed by atoms with van der Waals surface area (Å²) in [7, 11) is 7.10. The molecule has 0 radical (unpaired) electrons. The Labute approximate surface area is 205 Å². The molecule has 0 aliphatic heterocycles. The molecular weight excluding hydrogens is 434 g/mol. The first-order chi connectivity index (χ1) is 16.0. The number of ether oxygens (including phenoxy) is 1. The van der Waals surface area contributed by atoms with Gasteiger partial charge in [-0.1, -0.05) is 32.6 Å². The summed E-state index contributed by atoms with van der Waals surface area (Å²) in [6, 6.07) is 7.87. The summed E-state index contributed by atoms with van der Waals surface area (Å²) in [5.41, 5.74) is 4.86. The Morgan fingerprint density at radius 3 is 2.18 bits per heavy atom. The zero-order valence-corrected chi connectivity index (χ0v) is 22.2. The van der Waals surface area contributed by atoms with Gasteiger partial charge in [-0.05, 0) is 50.5 Å². The average molecular weight is 476 g/mol. The molecule has 0 atom stereocenters. The second-order valence-electron chi connectivity index (χ2n) is 6.13. The lowest BCUT2D eigenvalue weighted by Crippen LogP contribution is -1.92. The molecule has 0 fully saturated rings. The molecule has 2 aromatic heterocycles. The van der Waals surface area contributed by atoms with Gasteiger partial charge in [-0.2, -0.15) is 17.7 Å². The van der Waals surface area contributed by atoms with Crippen LogP contribution in [-0.2, 0) is 0 Å². The SMILES string of the molecule is C=C(C)c1cnn2cc(-c3ccc(OC)cc3)cnc12.CC.CN=CCCO.CNC.CS. The zero-order chi connectivity index (χ0) is 25.6. The van der Waals surface area contributed by atoms with E-state index in [0.29, 0.717) is 6.42 Å². The smallest absolute Gasteiger partial charge is 0.162 e. The van der Waals surface area contributed by atoms with Crippen molar-refractivity contribution in [3.8, 4) is 16.9 Å². The first kappa shape index (κ1) is 32.5. The van der Waals surface area contributed by atoms with Crippen LogP contribution in [0.15, 0.2) is 54.4 Å². The van der Waals surface area contributed by atoms with E-state index in [1.807, 2.05) is 71.5 Å². The van der Waals surface area contributed by atoms with Gasteiger partial charge in [-0.25, -0.2) is 9.50 Å². The van der Waals surface area contributed by atoms with Crippen LogP contribution in [0.3, 0.4) is 0 Å². The van der Waals surface area contributed by atoms with E-state index in [1.54, 1.807) is 37.3 Å². The second kappa shape index (κ2) is 21.2. The van der Waals surface area contributed by atoms with E-state index in [1.165, 1.54) is 0 Å². The monoisotopic (exact) mass is 475 g/mol. The van der Waals surface area contributed by atoms with Crippen LogP contribution in [0.2, 0.25) is 0 Å². The molecular formula is C25H41N5O2S. The number of aliphatic imine (C=N–C) groups is 1. The molecule has 3 rings (SSSR count). The maximum absolute atomic E-state index is 8.11. The number of rotatable bonds is 5. The summed E-state index contributed by atoms with van der Waals surface area (Å²) in [6.07, 6.45) is 9.67. The van der Waals surface area contributed by atoms with Gasteiger partial charge in [-0.3, -0.25) is 0 Å². The number of benzene rings is 1. The van der Waals surface area contributed by atoms with Gasteiger partial charge in [0.15, 0.2) is 5.65 Å². The summed E-state index contributed by atoms with van der Waals surface area (Å²) < 4.78 is 6.94. The van der Waals surface area contributed by atoms with E-state index >= 15 is 0 Å². The third-order valence-electron chi connectivity index (χ3n) is 3.68. The maximum Gasteiger partial charge on any atom is 0.162 e. The van der Waals surface area contributed by atoms with Gasteiger partial charge in [0.1, 0.15) is 5.75 Å². The second-order valence-corrected chi connectivity index (χ2v) is 6.13. The lowest BCUT2D eigenvalue weighted by Gasteiger charge is -2.04. The van der Waals surface area contributed by atoms with E-state index in [2.05, 4.69) is 39.6 Å². The summed E-state index contributed by atoms with van der Waals surface area (Å²) >= 11 is 3.53. The van der Waals surface area contributed by atoms with Gasteiger partial charge >= 0.3 is 0 Å². The minimum absolute atomic E-state index is 0.206. The molecule has 0 saturated heterocycles. The maximum atomic E-state index is 8.11. The molecule has 0 aliphatic rings. The summed E-state index contributed by atoms with van der Waals surface area (Å²) in [5, 5.41) is 15.2. The Morgan fingerprint density at radius 2 is 1.76 bits per heavy atom. The Kier molecular flexibility index (Phi) is 20.9. The normalized spacial score (nSPS) is 9.27. The average Bonchev–Trinajstić information content (AvgIpc) is 3.30. The molecule has 0 saturated carbocycles. The number of thiol groups is 1. The highest BCUT2D eigenvalue weighted by Crippen LogP contribution is 2.23. The van der Waals surface area contributed by atoms with E-state index in [0.717, 1.165) is 33.7 Å². The van der Waals surface area contributed by atoms with E-state index in [9.17, 15) is 0 Å². The van der Waals surface area contributed by atoms with E-state index < -0.39 is 0 Å². The molecule has 2 N–H and O–H groups in total. The highest BCUT2D eigenvalue weighted by atomic mass is 32.1. The molecule has 184 valence electrons. The van der Waals surface area contributed by atoms with Crippen molar-refractivity contribution in [1.29, 1.82) is 0 Å². The van der Waals surface area contributed by atoms with Gasteiger partial charge < -0.3 is 20.2 Å². The topological polar surface area (TPSA) is 84.0 Å². The van der Waals surface area contributed by atoms with Crippen molar-refractivity contribution in [2.45, 2.75) is 27.2 Å². The van der Waals surface area contributed by atoms with Crippen LogP contribution in [0, 0.1) is 0 Å². The van der Waals surface area contributed by atoms with Gasteiger partial charge in [-0.15, -0.1) is 0 Å². The highest BCUT2D eigenvalue weighted by molar-refractivity contribution is 7.79. The van der Waals surface area contributed by atoms with Crippen molar-refractivity contribution in [3.63, 3.8) is 0 Å². The molecule has 3 aromatic rings. The molecule has 2 heterocycles. The van der Waals surface area contributed by atoms with Gasteiger partial charge in [0.05, 0.1) is 13.3 Å². The predicted molar refractivity (Wildman–Crippen MR) is 147 cm³/mol. The van der Waals surface area contributed by atoms with Crippen molar-refractivity contribution in [2.75, 3.05) is 41.1 Å². The third-order valence-corrected chi connectivity index (χ3v) is 3.68. The Hall–Kier alpha value is -2.68. The molecule has 1 aromatic carbocycles. The van der Waals surface area contributed by atoms with Crippen LogP contribution in [-0.4, -0.2) is 67.0 Å². The van der Waals surface area contributed by atoms with Crippen LogP contribution in [0.25, 0.3) is 22.3 Å². The number of hydrogen-bond donors (Lipinski definition) is 3. The van der Waals surface area contributed by atoms with Crippen molar-refractivity contribution in [1.82, 2.24) is 19.9 Å². The lowest BCUT2D eigenvalue weighted by atomic mass is 10.1. The van der Waals surface area contributed by atoms with Crippen molar-refractivity contribution in [2.24, 2.45) is 4.99 Å². The summed E-state index contributed by atoms with van der Waals surface area (Å²) in [4.78, 5) is 8.13. The molecule has 8 heteroatoms. The highest BCUT2D eigenvalue weighted by Gasteiger charge is 2.07. The molecule has 0 amide bonds. The zero-order valence-electron chi connectivity index (χ0n) is 21.3. The molecule has 0 aliphatic carbocycles. The largest absolute Gasteiger partial charge is 0.497 e. The quantitative estimate of drug-likeness (QED) is 0.360. The minimum atomic E-state index is 0.206. The number of aromatic nitrogens is 3. The van der Waals surface area contributed by atoms with Crippen LogP contribution >= 0.6 is 12.6 Å². The molecule has 7 nitrogen and oxygen atoms in total. The third kappa shape index (κ3) is 12.2. The molecule has 0 spiro atoms. The number of nitrogens with one attached hydrogen (secondary N) is 1. The number of methoxy groups -OCH3 is 1.